The minimum atomic E-state index is -0.129. The fourth-order valence-corrected chi connectivity index (χ4v) is 5.47. The molecule has 5 rings (SSSR count). The summed E-state index contributed by atoms with van der Waals surface area (Å²) in [6.07, 6.45) is 5.91. The zero-order chi connectivity index (χ0) is 29.7. The molecule has 0 spiro atoms. The highest BCUT2D eigenvalue weighted by atomic mass is 16.5. The second-order valence-electron chi connectivity index (χ2n) is 11.1. The Hall–Kier alpha value is -3.79. The van der Waals surface area contributed by atoms with E-state index >= 15 is 0 Å². The van der Waals surface area contributed by atoms with E-state index in [4.69, 9.17) is 4.74 Å². The summed E-state index contributed by atoms with van der Waals surface area (Å²) in [5.41, 5.74) is 5.66. The number of carbonyl (C=O) groups excluding carboxylic acids is 1. The van der Waals surface area contributed by atoms with Gasteiger partial charge < -0.3 is 19.8 Å². The summed E-state index contributed by atoms with van der Waals surface area (Å²) in [5, 5.41) is 4.49. The van der Waals surface area contributed by atoms with Crippen molar-refractivity contribution in [1.82, 2.24) is 24.8 Å². The number of aromatic amines is 1. The molecule has 0 radical (unpaired) electrons. The number of methoxy groups -OCH3 is 1. The van der Waals surface area contributed by atoms with Crippen molar-refractivity contribution in [1.29, 1.82) is 0 Å². The fraction of sp³-hybridized carbons (Fsp3) is 0.441. The molecule has 0 saturated carbocycles. The third-order valence-corrected chi connectivity index (χ3v) is 8.06. The molecule has 0 aliphatic carbocycles. The van der Waals surface area contributed by atoms with Crippen LogP contribution >= 0.6 is 0 Å². The number of hydrogen-bond acceptors (Lipinski definition) is 8. The zero-order valence-electron chi connectivity index (χ0n) is 25.3. The number of ether oxygens (including phenoxy) is 2. The predicted molar refractivity (Wildman–Crippen MR) is 171 cm³/mol. The van der Waals surface area contributed by atoms with Crippen LogP contribution in [0.2, 0.25) is 0 Å². The minimum absolute atomic E-state index is 0.129. The molecule has 9 nitrogen and oxygen atoms in total. The molecular formula is C34H44N6O3. The molecule has 9 heteroatoms. The Morgan fingerprint density at radius 3 is 2.49 bits per heavy atom. The Kier molecular flexibility index (Phi) is 11.5. The molecule has 0 amide bonds. The van der Waals surface area contributed by atoms with Gasteiger partial charge in [0.2, 0.25) is 0 Å². The van der Waals surface area contributed by atoms with Gasteiger partial charge in [-0.3, -0.25) is 14.6 Å². The average Bonchev–Trinajstić information content (AvgIpc) is 3.49. The highest BCUT2D eigenvalue weighted by Crippen LogP contribution is 2.27. The molecule has 1 aliphatic rings. The van der Waals surface area contributed by atoms with Crippen molar-refractivity contribution in [2.24, 2.45) is 0 Å². The summed E-state index contributed by atoms with van der Waals surface area (Å²) in [7, 11) is 1.44. The number of carbonyl (C=O) groups is 1. The first-order chi connectivity index (χ1) is 21.2. The summed E-state index contributed by atoms with van der Waals surface area (Å²) >= 11 is 0. The molecular weight excluding hydrogens is 540 g/mol. The Morgan fingerprint density at radius 1 is 0.907 bits per heavy atom. The van der Waals surface area contributed by atoms with Gasteiger partial charge in [-0.2, -0.15) is 0 Å². The standard InChI is InChI=1S/C34H44N6O3/c1-42-32(41)10-6-3-7-22-43-23-21-39-17-19-40(20-18-39)25-28-11-13-29(14-12-28)31-24-30-33(36-26-37-34(30)38-31)35-16-15-27-8-4-2-5-9-27/h2,4-5,8-9,11-14,24,26H,3,6-7,10,15-23,25H2,1H3,(H2,35,36,37,38). The number of H-pyrrole nitrogens is 1. The number of nitrogens with zero attached hydrogens (tertiary/aromatic N) is 4. The molecule has 0 bridgehead atoms. The van der Waals surface area contributed by atoms with Crippen LogP contribution in [0.3, 0.4) is 0 Å². The van der Waals surface area contributed by atoms with Gasteiger partial charge >= 0.3 is 5.97 Å². The Morgan fingerprint density at radius 2 is 1.70 bits per heavy atom. The van der Waals surface area contributed by atoms with Gasteiger partial charge in [0.1, 0.15) is 17.8 Å². The molecule has 0 atom stereocenters. The molecule has 2 aromatic carbocycles. The highest BCUT2D eigenvalue weighted by Gasteiger charge is 2.17. The van der Waals surface area contributed by atoms with Crippen molar-refractivity contribution in [2.75, 3.05) is 64.9 Å². The number of benzene rings is 2. The topological polar surface area (TPSA) is 95.6 Å². The first-order valence-corrected chi connectivity index (χ1v) is 15.5. The first-order valence-electron chi connectivity index (χ1n) is 15.5. The molecule has 2 N–H and O–H groups in total. The number of unbranched alkanes of at least 4 members (excludes halogenated alkanes) is 2. The van der Waals surface area contributed by atoms with Crippen LogP contribution in [0.15, 0.2) is 67.0 Å². The van der Waals surface area contributed by atoms with Gasteiger partial charge in [0.05, 0.1) is 19.1 Å². The molecule has 0 unspecified atom stereocenters. The lowest BCUT2D eigenvalue weighted by Crippen LogP contribution is -2.46. The number of fused-ring (bicyclic) bond motifs is 1. The van der Waals surface area contributed by atoms with Crippen LogP contribution in [0.25, 0.3) is 22.3 Å². The summed E-state index contributed by atoms with van der Waals surface area (Å²) in [5.74, 6) is 0.730. The second-order valence-corrected chi connectivity index (χ2v) is 11.1. The summed E-state index contributed by atoms with van der Waals surface area (Å²) in [6.45, 7) is 8.55. The predicted octanol–water partition coefficient (Wildman–Crippen LogP) is 5.15. The fourth-order valence-electron chi connectivity index (χ4n) is 5.47. The van der Waals surface area contributed by atoms with Gasteiger partial charge in [-0.25, -0.2) is 9.97 Å². The smallest absolute Gasteiger partial charge is 0.305 e. The van der Waals surface area contributed by atoms with Crippen LogP contribution in [0, 0.1) is 0 Å². The number of aromatic nitrogens is 3. The lowest BCUT2D eigenvalue weighted by molar-refractivity contribution is -0.140. The number of esters is 1. The Balaban J connectivity index is 1.02. The van der Waals surface area contributed by atoms with E-state index in [0.29, 0.717) is 6.42 Å². The van der Waals surface area contributed by atoms with E-state index < -0.39 is 0 Å². The van der Waals surface area contributed by atoms with Crippen LogP contribution < -0.4 is 5.32 Å². The summed E-state index contributed by atoms with van der Waals surface area (Å²) in [6, 6.07) is 21.5. The number of piperazine rings is 1. The maximum atomic E-state index is 11.1. The van der Waals surface area contributed by atoms with E-state index in [1.54, 1.807) is 6.33 Å². The van der Waals surface area contributed by atoms with E-state index in [2.05, 4.69) is 89.4 Å². The lowest BCUT2D eigenvalue weighted by atomic mass is 10.1. The maximum Gasteiger partial charge on any atom is 0.305 e. The van der Waals surface area contributed by atoms with Crippen molar-refractivity contribution < 1.29 is 14.3 Å². The zero-order valence-corrected chi connectivity index (χ0v) is 25.3. The quantitative estimate of drug-likeness (QED) is 0.138. The van der Waals surface area contributed by atoms with Gasteiger partial charge in [0, 0.05) is 64.5 Å². The van der Waals surface area contributed by atoms with Gasteiger partial charge in [-0.15, -0.1) is 0 Å². The normalized spacial score (nSPS) is 14.3. The van der Waals surface area contributed by atoms with Crippen LogP contribution in [0.1, 0.15) is 36.8 Å². The molecule has 1 saturated heterocycles. The van der Waals surface area contributed by atoms with Gasteiger partial charge in [0.25, 0.3) is 0 Å². The molecule has 43 heavy (non-hydrogen) atoms. The largest absolute Gasteiger partial charge is 0.469 e. The summed E-state index contributed by atoms with van der Waals surface area (Å²) in [4.78, 5) is 28.6. The lowest BCUT2D eigenvalue weighted by Gasteiger charge is -2.34. The van der Waals surface area contributed by atoms with Crippen molar-refractivity contribution in [3.63, 3.8) is 0 Å². The third-order valence-electron chi connectivity index (χ3n) is 8.06. The molecule has 2 aromatic heterocycles. The number of hydrogen-bond donors (Lipinski definition) is 2. The highest BCUT2D eigenvalue weighted by molar-refractivity contribution is 5.91. The van der Waals surface area contributed by atoms with Gasteiger partial charge in [0.15, 0.2) is 0 Å². The minimum Gasteiger partial charge on any atom is -0.469 e. The SMILES string of the molecule is COC(=O)CCCCCOCCN1CCN(Cc2ccc(-c3cc4c(NCCc5ccccc5)ncnc4[nH]3)cc2)CC1. The molecule has 1 aliphatic heterocycles. The van der Waals surface area contributed by atoms with E-state index in [1.807, 2.05) is 6.07 Å². The molecule has 1 fully saturated rings. The number of anilines is 1. The summed E-state index contributed by atoms with van der Waals surface area (Å²) < 4.78 is 10.5. The Labute approximate surface area is 254 Å². The average molecular weight is 585 g/mol. The van der Waals surface area contributed by atoms with E-state index in [0.717, 1.165) is 113 Å². The monoisotopic (exact) mass is 584 g/mol. The van der Waals surface area contributed by atoms with Crippen LogP contribution in [0.4, 0.5) is 5.82 Å². The first kappa shape index (κ1) is 30.7. The van der Waals surface area contributed by atoms with Gasteiger partial charge in [-0.05, 0) is 42.0 Å². The van der Waals surface area contributed by atoms with Crippen molar-refractivity contribution in [3.05, 3.63) is 78.1 Å². The second kappa shape index (κ2) is 16.2. The number of nitrogens with one attached hydrogen (secondary N) is 2. The third kappa shape index (κ3) is 9.35. The van der Waals surface area contributed by atoms with Crippen molar-refractivity contribution in [2.45, 2.75) is 38.6 Å². The van der Waals surface area contributed by atoms with Crippen molar-refractivity contribution >= 4 is 22.8 Å². The van der Waals surface area contributed by atoms with Crippen LogP contribution in [-0.2, 0) is 27.2 Å². The van der Waals surface area contributed by atoms with E-state index in [-0.39, 0.29) is 5.97 Å². The van der Waals surface area contributed by atoms with Crippen molar-refractivity contribution in [3.8, 4) is 11.3 Å². The molecule has 228 valence electrons. The van der Waals surface area contributed by atoms with E-state index in [9.17, 15) is 4.79 Å². The van der Waals surface area contributed by atoms with E-state index in [1.165, 1.54) is 18.2 Å². The van der Waals surface area contributed by atoms with Gasteiger partial charge in [-0.1, -0.05) is 61.0 Å². The Bertz CT molecular complexity index is 1400. The van der Waals surface area contributed by atoms with Crippen LogP contribution in [-0.4, -0.2) is 90.3 Å². The maximum absolute atomic E-state index is 11.1. The molecule has 3 heterocycles. The molecule has 4 aromatic rings. The van der Waals surface area contributed by atoms with Crippen LogP contribution in [0.5, 0.6) is 0 Å². The number of rotatable bonds is 16.